The average Bonchev–Trinajstić information content (AvgIpc) is 3.32. The van der Waals surface area contributed by atoms with E-state index in [1.807, 2.05) is 30.3 Å². The number of rotatable bonds is 7. The average molecular weight is 522 g/mol. The molecule has 0 aliphatic rings. The summed E-state index contributed by atoms with van der Waals surface area (Å²) in [4.78, 5) is 24.9. The maximum Gasteiger partial charge on any atom is 0.309 e. The van der Waals surface area contributed by atoms with Crippen LogP contribution in [0.25, 0.3) is 28.1 Å². The number of aromatic nitrogens is 2. The van der Waals surface area contributed by atoms with Gasteiger partial charge < -0.3 is 14.8 Å². The highest BCUT2D eigenvalue weighted by Gasteiger charge is 2.25. The van der Waals surface area contributed by atoms with Gasteiger partial charge in [0.15, 0.2) is 0 Å². The third-order valence-electron chi connectivity index (χ3n) is 5.95. The van der Waals surface area contributed by atoms with Crippen LogP contribution in [-0.2, 0) is 4.79 Å². The van der Waals surface area contributed by atoms with Crippen molar-refractivity contribution < 1.29 is 23.5 Å². The van der Waals surface area contributed by atoms with E-state index in [9.17, 15) is 14.0 Å². The van der Waals surface area contributed by atoms with Crippen molar-refractivity contribution in [1.82, 2.24) is 9.78 Å². The van der Waals surface area contributed by atoms with Gasteiger partial charge in [0.25, 0.3) is 5.91 Å². The molecule has 0 fully saturated rings. The SMILES string of the molecule is COc1cccc(C(=O)Nc2ccc(-c3c(-c4cccc(F)c4)nn(-c4ccccc4)c3OC(C)=O)cc2)c1. The smallest absolute Gasteiger partial charge is 0.309 e. The van der Waals surface area contributed by atoms with Gasteiger partial charge in [-0.25, -0.2) is 4.39 Å². The molecule has 4 aromatic carbocycles. The fourth-order valence-electron chi connectivity index (χ4n) is 4.16. The minimum absolute atomic E-state index is 0.195. The Bertz CT molecular complexity index is 1650. The van der Waals surface area contributed by atoms with Crippen LogP contribution in [0.3, 0.4) is 0 Å². The summed E-state index contributed by atoms with van der Waals surface area (Å²) in [5.74, 6) is -0.462. The van der Waals surface area contributed by atoms with Crippen LogP contribution in [0, 0.1) is 5.82 Å². The largest absolute Gasteiger partial charge is 0.497 e. The predicted molar refractivity (Wildman–Crippen MR) is 147 cm³/mol. The lowest BCUT2D eigenvalue weighted by molar-refractivity contribution is -0.132. The number of ether oxygens (including phenoxy) is 2. The topological polar surface area (TPSA) is 82.4 Å². The minimum atomic E-state index is -0.527. The van der Waals surface area contributed by atoms with E-state index in [1.165, 1.54) is 30.8 Å². The maximum atomic E-state index is 14.2. The molecule has 0 atom stereocenters. The zero-order valence-corrected chi connectivity index (χ0v) is 21.2. The van der Waals surface area contributed by atoms with Gasteiger partial charge in [0.1, 0.15) is 17.3 Å². The van der Waals surface area contributed by atoms with E-state index in [0.717, 1.165) is 0 Å². The summed E-state index contributed by atoms with van der Waals surface area (Å²) in [5, 5.41) is 7.61. The van der Waals surface area contributed by atoms with Crippen LogP contribution in [0.4, 0.5) is 10.1 Å². The highest BCUT2D eigenvalue weighted by Crippen LogP contribution is 2.41. The Labute approximate surface area is 224 Å². The van der Waals surface area contributed by atoms with Crippen LogP contribution in [0.1, 0.15) is 17.3 Å². The maximum absolute atomic E-state index is 14.2. The molecule has 0 saturated heterocycles. The molecule has 0 bridgehead atoms. The first-order chi connectivity index (χ1) is 18.9. The van der Waals surface area contributed by atoms with Gasteiger partial charge in [-0.1, -0.05) is 48.5 Å². The molecule has 0 spiro atoms. The third-order valence-corrected chi connectivity index (χ3v) is 5.95. The molecule has 8 heteroatoms. The molecule has 0 aliphatic heterocycles. The first-order valence-electron chi connectivity index (χ1n) is 12.1. The van der Waals surface area contributed by atoms with Crippen LogP contribution >= 0.6 is 0 Å². The summed E-state index contributed by atoms with van der Waals surface area (Å²) < 4.78 is 26.6. The molecule has 0 saturated carbocycles. The summed E-state index contributed by atoms with van der Waals surface area (Å²) in [5.41, 5.74) is 3.79. The molecule has 5 aromatic rings. The lowest BCUT2D eigenvalue weighted by Crippen LogP contribution is -2.11. The quantitative estimate of drug-likeness (QED) is 0.246. The molecule has 7 nitrogen and oxygen atoms in total. The molecule has 0 unspecified atom stereocenters. The van der Waals surface area contributed by atoms with Gasteiger partial charge >= 0.3 is 5.97 Å². The van der Waals surface area contributed by atoms with Crippen LogP contribution in [0.2, 0.25) is 0 Å². The second-order valence-electron chi connectivity index (χ2n) is 8.64. The van der Waals surface area contributed by atoms with Gasteiger partial charge in [-0.05, 0) is 60.2 Å². The Morgan fingerprint density at radius 1 is 0.846 bits per heavy atom. The van der Waals surface area contributed by atoms with Crippen molar-refractivity contribution in [2.45, 2.75) is 6.92 Å². The fourth-order valence-corrected chi connectivity index (χ4v) is 4.16. The Morgan fingerprint density at radius 3 is 2.28 bits per heavy atom. The van der Waals surface area contributed by atoms with Gasteiger partial charge in [-0.2, -0.15) is 9.78 Å². The molecular weight excluding hydrogens is 497 g/mol. The summed E-state index contributed by atoms with van der Waals surface area (Å²) in [6, 6.07) is 29.2. The Balaban J connectivity index is 1.58. The molecule has 1 amide bonds. The van der Waals surface area contributed by atoms with Crippen LogP contribution < -0.4 is 14.8 Å². The van der Waals surface area contributed by atoms with Gasteiger partial charge in [-0.15, -0.1) is 0 Å². The van der Waals surface area contributed by atoms with Gasteiger partial charge in [0, 0.05) is 23.7 Å². The second kappa shape index (κ2) is 11.0. The zero-order chi connectivity index (χ0) is 27.4. The number of nitrogens with one attached hydrogen (secondary N) is 1. The van der Waals surface area contributed by atoms with Crippen LogP contribution in [0.15, 0.2) is 103 Å². The number of hydrogen-bond acceptors (Lipinski definition) is 5. The van der Waals surface area contributed by atoms with Crippen molar-refractivity contribution in [3.8, 4) is 39.7 Å². The molecule has 5 rings (SSSR count). The van der Waals surface area contributed by atoms with Crippen molar-refractivity contribution >= 4 is 17.6 Å². The summed E-state index contributed by atoms with van der Waals surface area (Å²) in [6.07, 6.45) is 0. The number of para-hydroxylation sites is 1. The van der Waals surface area contributed by atoms with Gasteiger partial charge in [-0.3, -0.25) is 9.59 Å². The molecule has 1 N–H and O–H groups in total. The standard InChI is InChI=1S/C31H24FN3O4/c1-20(36)39-31-28(21-14-16-25(17-15-21)33-30(37)23-9-7-13-27(19-23)38-2)29(22-8-6-10-24(32)18-22)34-35(31)26-11-4-3-5-12-26/h3-19H,1-2H3,(H,33,37). The summed E-state index contributed by atoms with van der Waals surface area (Å²) >= 11 is 0. The van der Waals surface area contributed by atoms with E-state index in [1.54, 1.807) is 60.7 Å². The normalized spacial score (nSPS) is 10.6. The first-order valence-corrected chi connectivity index (χ1v) is 12.1. The highest BCUT2D eigenvalue weighted by atomic mass is 19.1. The predicted octanol–water partition coefficient (Wildman–Crippen LogP) is 6.53. The molecule has 39 heavy (non-hydrogen) atoms. The number of amides is 1. The molecule has 194 valence electrons. The van der Waals surface area contributed by atoms with Gasteiger partial charge in [0.2, 0.25) is 5.88 Å². The fraction of sp³-hybridized carbons (Fsp3) is 0.0645. The number of methoxy groups -OCH3 is 1. The van der Waals surface area contributed by atoms with E-state index in [2.05, 4.69) is 5.32 Å². The molecule has 1 aromatic heterocycles. The molecule has 0 radical (unpaired) electrons. The monoisotopic (exact) mass is 521 g/mol. The van der Waals surface area contributed by atoms with Crippen molar-refractivity contribution in [1.29, 1.82) is 0 Å². The van der Waals surface area contributed by atoms with E-state index in [-0.39, 0.29) is 11.8 Å². The van der Waals surface area contributed by atoms with Gasteiger partial charge in [0.05, 0.1) is 18.4 Å². The Morgan fingerprint density at radius 2 is 1.59 bits per heavy atom. The second-order valence-corrected chi connectivity index (χ2v) is 8.64. The summed E-state index contributed by atoms with van der Waals surface area (Å²) in [6.45, 7) is 1.31. The van der Waals surface area contributed by atoms with Crippen LogP contribution in [0.5, 0.6) is 11.6 Å². The van der Waals surface area contributed by atoms with E-state index in [4.69, 9.17) is 14.6 Å². The number of benzene rings is 4. The van der Waals surface area contributed by atoms with E-state index in [0.29, 0.717) is 45.1 Å². The Hall–Kier alpha value is -5.24. The van der Waals surface area contributed by atoms with Crippen molar-refractivity contribution in [3.63, 3.8) is 0 Å². The van der Waals surface area contributed by atoms with E-state index >= 15 is 0 Å². The number of halogens is 1. The number of esters is 1. The number of anilines is 1. The van der Waals surface area contributed by atoms with Crippen LogP contribution in [-0.4, -0.2) is 28.8 Å². The number of nitrogens with zero attached hydrogens (tertiary/aromatic N) is 2. The number of carbonyl (C=O) groups is 2. The molecule has 1 heterocycles. The first kappa shape index (κ1) is 25.4. The number of carbonyl (C=O) groups excluding carboxylic acids is 2. The highest BCUT2D eigenvalue weighted by molar-refractivity contribution is 6.04. The molecular formula is C31H24FN3O4. The van der Waals surface area contributed by atoms with Crippen molar-refractivity contribution in [3.05, 3.63) is 115 Å². The lowest BCUT2D eigenvalue weighted by atomic mass is 10.0. The van der Waals surface area contributed by atoms with E-state index < -0.39 is 11.8 Å². The van der Waals surface area contributed by atoms with Crippen molar-refractivity contribution in [2.24, 2.45) is 0 Å². The lowest BCUT2D eigenvalue weighted by Gasteiger charge is -2.11. The molecule has 0 aliphatic carbocycles. The Kier molecular flexibility index (Phi) is 7.18. The number of hydrogen-bond donors (Lipinski definition) is 1. The zero-order valence-electron chi connectivity index (χ0n) is 21.2. The third kappa shape index (κ3) is 5.55. The minimum Gasteiger partial charge on any atom is -0.497 e. The summed E-state index contributed by atoms with van der Waals surface area (Å²) in [7, 11) is 1.54. The van der Waals surface area contributed by atoms with Crippen molar-refractivity contribution in [2.75, 3.05) is 12.4 Å².